The Kier molecular flexibility index (Phi) is 8.38. The smallest absolute Gasteiger partial charge is 0.268 e. The van der Waals surface area contributed by atoms with Crippen LogP contribution in [0.25, 0.3) is 0 Å². The predicted octanol–water partition coefficient (Wildman–Crippen LogP) is 6.03. The molecule has 4 aromatic rings. The van der Waals surface area contributed by atoms with E-state index in [2.05, 4.69) is 5.32 Å². The van der Waals surface area contributed by atoms with Crippen molar-refractivity contribution in [2.45, 2.75) is 18.7 Å². The number of ether oxygens (including phenoxy) is 1. The van der Waals surface area contributed by atoms with Crippen LogP contribution in [-0.2, 0) is 14.8 Å². The number of carbonyl (C=O) groups is 2. The average Bonchev–Trinajstić information content (AvgIpc) is 2.93. The summed E-state index contributed by atoms with van der Waals surface area (Å²) in [4.78, 5) is 26.5. The number of benzene rings is 4. The van der Waals surface area contributed by atoms with E-state index in [0.717, 1.165) is 9.87 Å². The first-order valence-corrected chi connectivity index (χ1v) is 13.8. The Labute approximate surface area is 233 Å². The summed E-state index contributed by atoms with van der Waals surface area (Å²) in [6.45, 7) is 3.10. The topological polar surface area (TPSA) is 92.8 Å². The Hall–Kier alpha value is -4.14. The van der Waals surface area contributed by atoms with Crippen LogP contribution in [0, 0.1) is 13.8 Å². The fourth-order valence-electron chi connectivity index (χ4n) is 4.01. The lowest BCUT2D eigenvalue weighted by Crippen LogP contribution is -2.38. The molecular formula is C30H27ClN2O5S. The van der Waals surface area contributed by atoms with E-state index in [1.165, 1.54) is 25.3 Å². The second kappa shape index (κ2) is 11.7. The molecule has 0 heterocycles. The summed E-state index contributed by atoms with van der Waals surface area (Å²) >= 11 is 6.17. The zero-order valence-electron chi connectivity index (χ0n) is 21.6. The van der Waals surface area contributed by atoms with Crippen LogP contribution in [0.1, 0.15) is 27.0 Å². The normalized spacial score (nSPS) is 11.1. The van der Waals surface area contributed by atoms with Gasteiger partial charge in [-0.1, -0.05) is 65.7 Å². The van der Waals surface area contributed by atoms with Crippen LogP contribution < -0.4 is 14.4 Å². The number of hydrogen-bond donors (Lipinski definition) is 1. The fraction of sp³-hybridized carbons (Fsp3) is 0.133. The number of hydrogen-bond acceptors (Lipinski definition) is 5. The Bertz CT molecular complexity index is 1620. The third-order valence-corrected chi connectivity index (χ3v) is 8.06. The molecule has 0 aromatic heterocycles. The summed E-state index contributed by atoms with van der Waals surface area (Å²) in [5.41, 5.74) is 2.77. The molecule has 1 N–H and O–H groups in total. The van der Waals surface area contributed by atoms with Gasteiger partial charge in [-0.3, -0.25) is 13.9 Å². The summed E-state index contributed by atoms with van der Waals surface area (Å²) in [6, 6.07) is 24.7. The van der Waals surface area contributed by atoms with Gasteiger partial charge in [-0.15, -0.1) is 0 Å². The lowest BCUT2D eigenvalue weighted by atomic mass is 10.0. The van der Waals surface area contributed by atoms with E-state index < -0.39 is 22.5 Å². The first kappa shape index (κ1) is 27.9. The number of rotatable bonds is 9. The summed E-state index contributed by atoms with van der Waals surface area (Å²) < 4.78 is 34.2. The van der Waals surface area contributed by atoms with Crippen molar-refractivity contribution < 1.29 is 22.7 Å². The number of aryl methyl sites for hydroxylation is 2. The van der Waals surface area contributed by atoms with Crippen molar-refractivity contribution in [2.24, 2.45) is 0 Å². The first-order chi connectivity index (χ1) is 18.6. The predicted molar refractivity (Wildman–Crippen MR) is 153 cm³/mol. The highest BCUT2D eigenvalue weighted by atomic mass is 35.5. The molecule has 0 aliphatic rings. The van der Waals surface area contributed by atoms with E-state index in [1.807, 2.05) is 6.92 Å². The molecule has 200 valence electrons. The molecule has 0 aliphatic carbocycles. The number of methoxy groups -OCH3 is 1. The molecule has 4 aromatic carbocycles. The number of ketones is 1. The monoisotopic (exact) mass is 562 g/mol. The van der Waals surface area contributed by atoms with Gasteiger partial charge in [0.05, 0.1) is 18.5 Å². The van der Waals surface area contributed by atoms with Crippen molar-refractivity contribution in [2.75, 3.05) is 23.3 Å². The molecule has 0 fully saturated rings. The third-order valence-electron chi connectivity index (χ3n) is 6.03. The minimum Gasteiger partial charge on any atom is -0.495 e. The fourth-order valence-corrected chi connectivity index (χ4v) is 5.85. The van der Waals surface area contributed by atoms with Gasteiger partial charge in [0, 0.05) is 16.1 Å². The van der Waals surface area contributed by atoms with Gasteiger partial charge in [-0.05, 0) is 61.9 Å². The van der Waals surface area contributed by atoms with Gasteiger partial charge in [0.2, 0.25) is 5.91 Å². The quantitative estimate of drug-likeness (QED) is 0.251. The van der Waals surface area contributed by atoms with Crippen LogP contribution in [-0.4, -0.2) is 33.8 Å². The highest BCUT2D eigenvalue weighted by Crippen LogP contribution is 2.31. The van der Waals surface area contributed by atoms with Gasteiger partial charge < -0.3 is 10.1 Å². The standard InChI is InChI=1S/C30H27ClN2O5S/c1-20-9-13-24(14-10-20)33(39(36,37)28-17-21(2)11-16-27(28)38-3)19-29(34)32-26-15-12-23(31)18-25(26)30(35)22-7-5-4-6-8-22/h4-18H,19H2,1-3H3,(H,32,34). The average molecular weight is 563 g/mol. The van der Waals surface area contributed by atoms with Crippen molar-refractivity contribution in [3.63, 3.8) is 0 Å². The van der Waals surface area contributed by atoms with Crippen LogP contribution in [0.2, 0.25) is 5.02 Å². The minimum atomic E-state index is -4.24. The van der Waals surface area contributed by atoms with Crippen molar-refractivity contribution >= 4 is 44.7 Å². The SMILES string of the molecule is COc1ccc(C)cc1S(=O)(=O)N(CC(=O)Nc1ccc(Cl)cc1C(=O)c1ccccc1)c1ccc(C)cc1. The van der Waals surface area contributed by atoms with E-state index in [1.54, 1.807) is 79.7 Å². The molecule has 1 amide bonds. The summed E-state index contributed by atoms with van der Waals surface area (Å²) in [5.74, 6) is -0.817. The maximum Gasteiger partial charge on any atom is 0.268 e. The van der Waals surface area contributed by atoms with E-state index in [-0.39, 0.29) is 27.7 Å². The number of nitrogens with one attached hydrogen (secondary N) is 1. The van der Waals surface area contributed by atoms with Crippen molar-refractivity contribution in [3.05, 3.63) is 118 Å². The Morgan fingerprint density at radius 1 is 0.872 bits per heavy atom. The van der Waals surface area contributed by atoms with Gasteiger partial charge in [-0.2, -0.15) is 0 Å². The molecule has 0 atom stereocenters. The molecule has 4 rings (SSSR count). The summed E-state index contributed by atoms with van der Waals surface area (Å²) in [6.07, 6.45) is 0. The summed E-state index contributed by atoms with van der Waals surface area (Å²) in [5, 5.41) is 3.03. The van der Waals surface area contributed by atoms with Crippen molar-refractivity contribution in [3.8, 4) is 5.75 Å². The van der Waals surface area contributed by atoms with Gasteiger partial charge >= 0.3 is 0 Å². The van der Waals surface area contributed by atoms with Crippen LogP contribution in [0.4, 0.5) is 11.4 Å². The van der Waals surface area contributed by atoms with E-state index >= 15 is 0 Å². The number of halogens is 1. The Balaban J connectivity index is 1.71. The zero-order chi connectivity index (χ0) is 28.2. The maximum atomic E-state index is 13.9. The molecule has 39 heavy (non-hydrogen) atoms. The molecule has 0 aliphatic heterocycles. The molecule has 0 spiro atoms. The highest BCUT2D eigenvalue weighted by Gasteiger charge is 2.30. The molecule has 0 radical (unpaired) electrons. The second-order valence-electron chi connectivity index (χ2n) is 8.93. The van der Waals surface area contributed by atoms with Crippen LogP contribution >= 0.6 is 11.6 Å². The lowest BCUT2D eigenvalue weighted by molar-refractivity contribution is -0.114. The third kappa shape index (κ3) is 6.30. The van der Waals surface area contributed by atoms with Gasteiger partial charge in [0.15, 0.2) is 5.78 Å². The molecule has 0 bridgehead atoms. The number of anilines is 2. The number of amides is 1. The number of carbonyl (C=O) groups excluding carboxylic acids is 2. The lowest BCUT2D eigenvalue weighted by Gasteiger charge is -2.25. The summed E-state index contributed by atoms with van der Waals surface area (Å²) in [7, 11) is -2.85. The van der Waals surface area contributed by atoms with Crippen LogP contribution in [0.15, 0.2) is 95.9 Å². The van der Waals surface area contributed by atoms with Gasteiger partial charge in [-0.25, -0.2) is 8.42 Å². The molecule has 9 heteroatoms. The zero-order valence-corrected chi connectivity index (χ0v) is 23.2. The highest BCUT2D eigenvalue weighted by molar-refractivity contribution is 7.93. The molecule has 0 saturated carbocycles. The van der Waals surface area contributed by atoms with Gasteiger partial charge in [0.1, 0.15) is 17.2 Å². The Morgan fingerprint density at radius 3 is 2.21 bits per heavy atom. The van der Waals surface area contributed by atoms with Crippen molar-refractivity contribution in [1.82, 2.24) is 0 Å². The molecule has 0 unspecified atom stereocenters. The molecule has 0 saturated heterocycles. The first-order valence-electron chi connectivity index (χ1n) is 12.0. The van der Waals surface area contributed by atoms with Crippen LogP contribution in [0.5, 0.6) is 5.75 Å². The Morgan fingerprint density at radius 2 is 1.54 bits per heavy atom. The largest absolute Gasteiger partial charge is 0.495 e. The van der Waals surface area contributed by atoms with E-state index in [0.29, 0.717) is 21.8 Å². The van der Waals surface area contributed by atoms with Gasteiger partial charge in [0.25, 0.3) is 10.0 Å². The number of sulfonamides is 1. The van der Waals surface area contributed by atoms with Crippen molar-refractivity contribution in [1.29, 1.82) is 0 Å². The maximum absolute atomic E-state index is 13.9. The molecule has 7 nitrogen and oxygen atoms in total. The molecular weight excluding hydrogens is 536 g/mol. The van der Waals surface area contributed by atoms with E-state index in [4.69, 9.17) is 16.3 Å². The minimum absolute atomic E-state index is 0.0650. The van der Waals surface area contributed by atoms with Crippen LogP contribution in [0.3, 0.4) is 0 Å². The number of nitrogens with zero attached hydrogens (tertiary/aromatic N) is 1. The second-order valence-corrected chi connectivity index (χ2v) is 11.2. The van der Waals surface area contributed by atoms with E-state index in [9.17, 15) is 18.0 Å².